The van der Waals surface area contributed by atoms with Crippen LogP contribution in [0.4, 0.5) is 0 Å². The molecule has 0 amide bonds. The fourth-order valence-electron chi connectivity index (χ4n) is 7.17. The zero-order chi connectivity index (χ0) is 23.2. The molecule has 2 aliphatic rings. The van der Waals surface area contributed by atoms with Crippen molar-refractivity contribution in [2.45, 2.75) is 16.7 Å². The SMILES string of the molecule is [CH3][Hf]([CH3])([CH]1C=Cc2ccccc21)([CH]1C=Cc2ccccc21)[SiH](c1ccccc1)c1ccccc1. The standard InChI is InChI=1S/C12H11Si.2C9H7.2CH3.Hf/c1-3-7-11(8-4-1)13-12-9-5-2-6-10-12;2*1-2-5-9-7-3-6-8(9)4-1;;;/h1-10,13H;2*1-7H;2*1H3;. The van der Waals surface area contributed by atoms with Crippen molar-refractivity contribution in [3.63, 3.8) is 0 Å². The molecular weight excluding hydrogens is 591 g/mol. The summed E-state index contributed by atoms with van der Waals surface area (Å²) in [5, 5.41) is 3.20. The molecule has 0 saturated heterocycles. The summed E-state index contributed by atoms with van der Waals surface area (Å²) >= 11 is -3.97. The van der Waals surface area contributed by atoms with Crippen LogP contribution in [0.5, 0.6) is 0 Å². The molecule has 4 aromatic carbocycles. The van der Waals surface area contributed by atoms with Gasteiger partial charge in [-0.25, -0.2) is 0 Å². The molecule has 6 rings (SSSR count). The minimum atomic E-state index is -3.97. The molecule has 34 heavy (non-hydrogen) atoms. The maximum atomic E-state index is 2.82. The zero-order valence-electron chi connectivity index (χ0n) is 19.9. The van der Waals surface area contributed by atoms with Gasteiger partial charge in [-0.1, -0.05) is 0 Å². The second-order valence-corrected chi connectivity index (χ2v) is 58.3. The summed E-state index contributed by atoms with van der Waals surface area (Å²) in [6.07, 6.45) is 10.0. The first kappa shape index (κ1) is 21.9. The van der Waals surface area contributed by atoms with Gasteiger partial charge in [-0.2, -0.15) is 0 Å². The van der Waals surface area contributed by atoms with Crippen molar-refractivity contribution in [3.05, 3.63) is 144 Å². The second-order valence-electron chi connectivity index (χ2n) is 10.9. The molecule has 2 aliphatic carbocycles. The molecule has 4 aromatic rings. The van der Waals surface area contributed by atoms with Crippen molar-refractivity contribution in [2.75, 3.05) is 0 Å². The third-order valence-electron chi connectivity index (χ3n) is 8.74. The van der Waals surface area contributed by atoms with Crippen LogP contribution in [-0.2, 0) is 17.7 Å². The van der Waals surface area contributed by atoms with E-state index in [1.165, 1.54) is 11.1 Å². The fraction of sp³-hybridized carbons (Fsp3) is 0.125. The monoisotopic (exact) mass is 623 g/mol. The average molecular weight is 622 g/mol. The van der Waals surface area contributed by atoms with Crippen molar-refractivity contribution >= 4 is 28.5 Å². The Hall–Kier alpha value is -2.55. The number of allylic oxidation sites excluding steroid dienone is 2. The average Bonchev–Trinajstić information content (AvgIpc) is 3.51. The summed E-state index contributed by atoms with van der Waals surface area (Å²) in [4.78, 5) is 0. The van der Waals surface area contributed by atoms with Crippen LogP contribution in [-0.4, -0.2) is 5.98 Å². The van der Waals surface area contributed by atoms with Crippen molar-refractivity contribution in [2.24, 2.45) is 0 Å². The van der Waals surface area contributed by atoms with Crippen LogP contribution in [0.3, 0.4) is 0 Å². The van der Waals surface area contributed by atoms with E-state index in [4.69, 9.17) is 0 Å². The summed E-state index contributed by atoms with van der Waals surface area (Å²) in [6, 6.07) is 41.4. The van der Waals surface area contributed by atoms with E-state index in [1.807, 2.05) is 0 Å². The predicted octanol–water partition coefficient (Wildman–Crippen LogP) is 6.85. The summed E-state index contributed by atoms with van der Waals surface area (Å²) in [5.74, 6) is -1.60. The van der Waals surface area contributed by atoms with Crippen LogP contribution in [0.25, 0.3) is 12.2 Å². The first-order valence-electron chi connectivity index (χ1n) is 12.4. The fourth-order valence-corrected chi connectivity index (χ4v) is 66.3. The Kier molecular flexibility index (Phi) is 5.35. The normalized spacial score (nSPS) is 19.6. The van der Waals surface area contributed by atoms with Crippen LogP contribution in [0, 0.1) is 0 Å². The number of fused-ring (bicyclic) bond motifs is 2. The summed E-state index contributed by atoms with van der Waals surface area (Å²) in [7, 11) is 0. The molecule has 0 spiro atoms. The Balaban J connectivity index is 1.68. The van der Waals surface area contributed by atoms with E-state index in [2.05, 4.69) is 143 Å². The molecule has 2 atom stereocenters. The van der Waals surface area contributed by atoms with E-state index in [0.717, 1.165) is 0 Å². The molecule has 0 aromatic heterocycles. The molecule has 2 unspecified atom stereocenters. The van der Waals surface area contributed by atoms with Gasteiger partial charge in [0.25, 0.3) is 0 Å². The van der Waals surface area contributed by atoms with Gasteiger partial charge < -0.3 is 0 Å². The third-order valence-corrected chi connectivity index (χ3v) is 63.1. The van der Waals surface area contributed by atoms with Gasteiger partial charge in [-0.15, -0.1) is 0 Å². The summed E-state index contributed by atoms with van der Waals surface area (Å²) in [5.41, 5.74) is 5.96. The van der Waals surface area contributed by atoms with Gasteiger partial charge in [0.15, 0.2) is 0 Å². The molecule has 0 bridgehead atoms. The predicted molar refractivity (Wildman–Crippen MR) is 147 cm³/mol. The Bertz CT molecular complexity index is 1300. The number of benzene rings is 4. The van der Waals surface area contributed by atoms with Crippen LogP contribution in [0.2, 0.25) is 9.36 Å². The topological polar surface area (TPSA) is 0 Å². The Morgan fingerprint density at radius 2 is 0.882 bits per heavy atom. The van der Waals surface area contributed by atoms with Crippen molar-refractivity contribution in [1.29, 1.82) is 0 Å². The molecule has 167 valence electrons. The Morgan fingerprint density at radius 3 is 1.32 bits per heavy atom. The second kappa shape index (κ2) is 8.29. The van der Waals surface area contributed by atoms with Gasteiger partial charge in [0, 0.05) is 0 Å². The van der Waals surface area contributed by atoms with Gasteiger partial charge in [0.05, 0.1) is 0 Å². The molecule has 0 radical (unpaired) electrons. The van der Waals surface area contributed by atoms with Gasteiger partial charge in [0.2, 0.25) is 0 Å². The molecule has 2 heteroatoms. The van der Waals surface area contributed by atoms with Crippen LogP contribution >= 0.6 is 0 Å². The van der Waals surface area contributed by atoms with Crippen molar-refractivity contribution < 1.29 is 17.7 Å². The van der Waals surface area contributed by atoms with E-state index in [-0.39, 0.29) is 0 Å². The van der Waals surface area contributed by atoms with Crippen molar-refractivity contribution in [3.8, 4) is 0 Å². The molecule has 0 nitrogen and oxygen atoms in total. The van der Waals surface area contributed by atoms with E-state index in [1.54, 1.807) is 21.5 Å². The Morgan fingerprint density at radius 1 is 0.500 bits per heavy atom. The molecule has 0 heterocycles. The summed E-state index contributed by atoms with van der Waals surface area (Å²) in [6.45, 7) is 0. The first-order valence-corrected chi connectivity index (χ1v) is 31.7. The van der Waals surface area contributed by atoms with E-state index in [0.29, 0.717) is 7.35 Å². The zero-order valence-corrected chi connectivity index (χ0v) is 24.7. The van der Waals surface area contributed by atoms with E-state index in [9.17, 15) is 0 Å². The minimum absolute atomic E-state index is 0.533. The van der Waals surface area contributed by atoms with Crippen LogP contribution < -0.4 is 10.4 Å². The maximum absolute atomic E-state index is 3.97. The quantitative estimate of drug-likeness (QED) is 0.214. The van der Waals surface area contributed by atoms with Crippen LogP contribution in [0.1, 0.15) is 29.6 Å². The number of hydrogen-bond donors (Lipinski definition) is 0. The molecule has 0 fully saturated rings. The molecule has 0 N–H and O–H groups in total. The van der Waals surface area contributed by atoms with Crippen LogP contribution in [0.15, 0.2) is 121 Å². The molecule has 0 saturated carbocycles. The first-order chi connectivity index (χ1) is 16.6. The third kappa shape index (κ3) is 3.26. The molecular formula is C32H31HfSi. The van der Waals surface area contributed by atoms with E-state index < -0.39 is 23.7 Å². The number of rotatable bonds is 5. The van der Waals surface area contributed by atoms with Gasteiger partial charge >= 0.3 is 206 Å². The van der Waals surface area contributed by atoms with Gasteiger partial charge in [-0.3, -0.25) is 0 Å². The van der Waals surface area contributed by atoms with E-state index >= 15 is 0 Å². The summed E-state index contributed by atoms with van der Waals surface area (Å²) < 4.78 is 6.71. The molecule has 0 aliphatic heterocycles. The van der Waals surface area contributed by atoms with Gasteiger partial charge in [0.1, 0.15) is 0 Å². The van der Waals surface area contributed by atoms with Gasteiger partial charge in [-0.05, 0) is 0 Å². The Labute approximate surface area is 205 Å². The van der Waals surface area contributed by atoms with Crippen molar-refractivity contribution in [1.82, 2.24) is 0 Å². The number of hydrogen-bond acceptors (Lipinski definition) is 0.